The number of hydrogen-bond donors (Lipinski definition) is 2. The van der Waals surface area contributed by atoms with Crippen LogP contribution in [0.2, 0.25) is 0 Å². The van der Waals surface area contributed by atoms with E-state index in [2.05, 4.69) is 10.3 Å². The maximum atomic E-state index is 13.8. The summed E-state index contributed by atoms with van der Waals surface area (Å²) in [7, 11) is 1.66. The highest BCUT2D eigenvalue weighted by Crippen LogP contribution is 2.25. The molecule has 0 spiro atoms. The van der Waals surface area contributed by atoms with Crippen LogP contribution < -0.4 is 11.1 Å². The molecule has 0 fully saturated rings. The molecule has 0 bridgehead atoms. The Kier molecular flexibility index (Phi) is 4.06. The molecule has 2 aromatic rings. The van der Waals surface area contributed by atoms with Crippen LogP contribution in [0.4, 0.5) is 14.6 Å². The Morgan fingerprint density at radius 3 is 2.47 bits per heavy atom. The molecule has 3 N–H and O–H groups in total. The first-order chi connectivity index (χ1) is 9.13. The van der Waals surface area contributed by atoms with Crippen molar-refractivity contribution in [2.75, 3.05) is 12.8 Å². The van der Waals surface area contributed by atoms with Crippen LogP contribution in [0.15, 0.2) is 36.5 Å². The van der Waals surface area contributed by atoms with Gasteiger partial charge in [-0.3, -0.25) is 0 Å². The lowest BCUT2D eigenvalue weighted by molar-refractivity contribution is 0.489. The number of nitrogens with two attached hydrogens (primary N) is 1. The number of rotatable bonds is 4. The summed E-state index contributed by atoms with van der Waals surface area (Å²) >= 11 is 0. The fraction of sp³-hybridized carbons (Fsp3) is 0.214. The summed E-state index contributed by atoms with van der Waals surface area (Å²) < 4.78 is 27.5. The third-order valence-corrected chi connectivity index (χ3v) is 3.05. The molecule has 0 aliphatic rings. The lowest BCUT2D eigenvalue weighted by atomic mass is 9.98. The van der Waals surface area contributed by atoms with E-state index in [1.165, 1.54) is 18.2 Å². The zero-order valence-electron chi connectivity index (χ0n) is 10.5. The largest absolute Gasteiger partial charge is 0.383 e. The number of benzene rings is 1. The summed E-state index contributed by atoms with van der Waals surface area (Å²) in [4.78, 5) is 3.97. The lowest BCUT2D eigenvalue weighted by Gasteiger charge is -2.18. The van der Waals surface area contributed by atoms with Crippen LogP contribution in [0.1, 0.15) is 17.2 Å². The van der Waals surface area contributed by atoms with E-state index in [-0.39, 0.29) is 5.56 Å². The van der Waals surface area contributed by atoms with Gasteiger partial charge in [-0.25, -0.2) is 13.8 Å². The Balaban J connectivity index is 2.34. The smallest absolute Gasteiger partial charge is 0.130 e. The van der Waals surface area contributed by atoms with E-state index < -0.39 is 17.7 Å². The average molecular weight is 263 g/mol. The van der Waals surface area contributed by atoms with Crippen molar-refractivity contribution < 1.29 is 8.78 Å². The van der Waals surface area contributed by atoms with Crippen LogP contribution in [-0.4, -0.2) is 12.0 Å². The van der Waals surface area contributed by atoms with Crippen LogP contribution in [0.3, 0.4) is 0 Å². The van der Waals surface area contributed by atoms with Gasteiger partial charge in [0.2, 0.25) is 0 Å². The van der Waals surface area contributed by atoms with Crippen LogP contribution in [0.5, 0.6) is 0 Å². The average Bonchev–Trinajstić information content (AvgIpc) is 2.39. The van der Waals surface area contributed by atoms with Crippen molar-refractivity contribution in [1.29, 1.82) is 0 Å². The van der Waals surface area contributed by atoms with Gasteiger partial charge in [0.1, 0.15) is 17.5 Å². The van der Waals surface area contributed by atoms with E-state index in [4.69, 9.17) is 5.73 Å². The monoisotopic (exact) mass is 263 g/mol. The molecule has 19 heavy (non-hydrogen) atoms. The second-order valence-electron chi connectivity index (χ2n) is 4.23. The minimum absolute atomic E-state index is 0.0215. The van der Waals surface area contributed by atoms with Crippen LogP contribution in [0, 0.1) is 11.6 Å². The highest BCUT2D eigenvalue weighted by molar-refractivity contribution is 5.40. The molecule has 1 unspecified atom stereocenters. The van der Waals surface area contributed by atoms with Gasteiger partial charge in [0, 0.05) is 17.8 Å². The molecule has 0 saturated carbocycles. The number of aromatic nitrogens is 1. The molecule has 5 heteroatoms. The lowest BCUT2D eigenvalue weighted by Crippen LogP contribution is -2.22. The molecule has 1 aromatic heterocycles. The van der Waals surface area contributed by atoms with Gasteiger partial charge in [-0.2, -0.15) is 0 Å². The quantitative estimate of drug-likeness (QED) is 0.890. The van der Waals surface area contributed by atoms with Gasteiger partial charge in [-0.1, -0.05) is 12.1 Å². The summed E-state index contributed by atoms with van der Waals surface area (Å²) in [6.45, 7) is 0. The molecule has 3 nitrogen and oxygen atoms in total. The molecule has 1 aromatic carbocycles. The van der Waals surface area contributed by atoms with E-state index >= 15 is 0 Å². The Morgan fingerprint density at radius 1 is 1.21 bits per heavy atom. The van der Waals surface area contributed by atoms with Gasteiger partial charge < -0.3 is 11.1 Å². The third kappa shape index (κ3) is 2.88. The predicted molar refractivity (Wildman–Crippen MR) is 70.5 cm³/mol. The second-order valence-corrected chi connectivity index (χ2v) is 4.23. The SMILES string of the molecule is CNC(Cc1cccnc1N)c1c(F)cccc1F. The van der Waals surface area contributed by atoms with Crippen molar-refractivity contribution in [1.82, 2.24) is 10.3 Å². The summed E-state index contributed by atoms with van der Waals surface area (Å²) in [5, 5.41) is 2.91. The van der Waals surface area contributed by atoms with Crippen molar-refractivity contribution >= 4 is 5.82 Å². The van der Waals surface area contributed by atoms with E-state index in [1.807, 2.05) is 0 Å². The number of pyridine rings is 1. The number of likely N-dealkylation sites (N-methyl/N-ethyl adjacent to an activating group) is 1. The molecule has 0 aliphatic heterocycles. The Morgan fingerprint density at radius 2 is 1.89 bits per heavy atom. The minimum atomic E-state index is -0.568. The highest BCUT2D eigenvalue weighted by Gasteiger charge is 2.19. The fourth-order valence-corrected chi connectivity index (χ4v) is 2.04. The number of halogens is 2. The maximum Gasteiger partial charge on any atom is 0.130 e. The molecule has 0 amide bonds. The van der Waals surface area contributed by atoms with E-state index in [1.54, 1.807) is 25.4 Å². The molecular weight excluding hydrogens is 248 g/mol. The maximum absolute atomic E-state index is 13.8. The van der Waals surface area contributed by atoms with Gasteiger partial charge >= 0.3 is 0 Å². The van der Waals surface area contributed by atoms with Crippen molar-refractivity contribution in [2.45, 2.75) is 12.5 Å². The Labute approximate surface area is 110 Å². The number of hydrogen-bond acceptors (Lipinski definition) is 3. The third-order valence-electron chi connectivity index (χ3n) is 3.05. The molecule has 0 radical (unpaired) electrons. The van der Waals surface area contributed by atoms with Gasteiger partial charge in [0.05, 0.1) is 0 Å². The highest BCUT2D eigenvalue weighted by atomic mass is 19.1. The van der Waals surface area contributed by atoms with E-state index in [0.717, 1.165) is 5.56 Å². The molecule has 0 aliphatic carbocycles. The molecular formula is C14H15F2N3. The van der Waals surface area contributed by atoms with Crippen LogP contribution >= 0.6 is 0 Å². The summed E-state index contributed by atoms with van der Waals surface area (Å²) in [6.07, 6.45) is 1.95. The van der Waals surface area contributed by atoms with Crippen molar-refractivity contribution in [3.63, 3.8) is 0 Å². The van der Waals surface area contributed by atoms with Gasteiger partial charge in [0.15, 0.2) is 0 Å². The first-order valence-corrected chi connectivity index (χ1v) is 5.94. The summed E-state index contributed by atoms with van der Waals surface area (Å²) in [5.74, 6) is -0.761. The number of anilines is 1. The minimum Gasteiger partial charge on any atom is -0.383 e. The molecule has 1 atom stereocenters. The van der Waals surface area contributed by atoms with Crippen molar-refractivity contribution in [3.05, 3.63) is 59.3 Å². The number of nitrogens with zero attached hydrogens (tertiary/aromatic N) is 1. The molecule has 100 valence electrons. The zero-order chi connectivity index (χ0) is 13.8. The van der Waals surface area contributed by atoms with Gasteiger partial charge in [0.25, 0.3) is 0 Å². The molecule has 1 heterocycles. The first kappa shape index (κ1) is 13.4. The topological polar surface area (TPSA) is 50.9 Å². The normalized spacial score (nSPS) is 12.4. The van der Waals surface area contributed by atoms with Crippen molar-refractivity contribution in [3.8, 4) is 0 Å². The van der Waals surface area contributed by atoms with E-state index in [0.29, 0.717) is 12.2 Å². The Bertz CT molecular complexity index is 552. The van der Waals surface area contributed by atoms with Gasteiger partial charge in [-0.15, -0.1) is 0 Å². The molecule has 2 rings (SSSR count). The Hall–Kier alpha value is -2.01. The van der Waals surface area contributed by atoms with E-state index in [9.17, 15) is 8.78 Å². The summed E-state index contributed by atoms with van der Waals surface area (Å²) in [5.41, 5.74) is 6.53. The number of nitrogens with one attached hydrogen (secondary N) is 1. The second kappa shape index (κ2) is 5.75. The first-order valence-electron chi connectivity index (χ1n) is 5.94. The number of nitrogen functional groups attached to an aromatic ring is 1. The molecule has 0 saturated heterocycles. The van der Waals surface area contributed by atoms with Crippen LogP contribution in [0.25, 0.3) is 0 Å². The summed E-state index contributed by atoms with van der Waals surface area (Å²) in [6, 6.07) is 6.89. The standard InChI is InChI=1S/C14H15F2N3/c1-18-12(8-9-4-3-7-19-14(9)17)13-10(15)5-2-6-11(13)16/h2-7,12,18H,8H2,1H3,(H2,17,19). The predicted octanol–water partition coefficient (Wildman–Crippen LogP) is 2.45. The van der Waals surface area contributed by atoms with Crippen LogP contribution in [-0.2, 0) is 6.42 Å². The zero-order valence-corrected chi connectivity index (χ0v) is 10.5. The van der Waals surface area contributed by atoms with Crippen molar-refractivity contribution in [2.24, 2.45) is 0 Å². The fourth-order valence-electron chi connectivity index (χ4n) is 2.04. The van der Waals surface area contributed by atoms with Gasteiger partial charge in [-0.05, 0) is 37.2 Å².